The van der Waals surface area contributed by atoms with Crippen molar-refractivity contribution < 1.29 is 14.7 Å². The Labute approximate surface area is 122 Å². The van der Waals surface area contributed by atoms with Gasteiger partial charge >= 0.3 is 5.97 Å². The van der Waals surface area contributed by atoms with Gasteiger partial charge in [-0.05, 0) is 42.3 Å². The number of carbonyl (C=O) groups excluding carboxylic acids is 1. The molecule has 0 heterocycles. The maximum atomic E-state index is 11.9. The van der Waals surface area contributed by atoms with E-state index in [1.54, 1.807) is 43.3 Å². The number of anilines is 2. The van der Waals surface area contributed by atoms with Crippen LogP contribution in [0.3, 0.4) is 0 Å². The molecule has 0 aromatic heterocycles. The maximum absolute atomic E-state index is 11.9. The second-order valence-corrected chi connectivity index (χ2v) is 4.80. The Kier molecular flexibility index (Phi) is 4.23. The monoisotopic (exact) mass is 284 g/mol. The number of carbonyl (C=O) groups is 2. The molecule has 2 aromatic carbocycles. The van der Waals surface area contributed by atoms with Gasteiger partial charge in [0.1, 0.15) is 0 Å². The maximum Gasteiger partial charge on any atom is 0.336 e. The minimum absolute atomic E-state index is 0.181. The Bertz CT molecular complexity index is 678. The van der Waals surface area contributed by atoms with Crippen LogP contribution in [0.4, 0.5) is 11.4 Å². The van der Waals surface area contributed by atoms with Crippen LogP contribution in [0, 0.1) is 6.92 Å². The zero-order valence-electron chi connectivity index (χ0n) is 11.6. The fourth-order valence-corrected chi connectivity index (χ4v) is 1.96. The molecule has 0 radical (unpaired) electrons. The van der Waals surface area contributed by atoms with Gasteiger partial charge in [-0.25, -0.2) is 4.79 Å². The summed E-state index contributed by atoms with van der Waals surface area (Å²) < 4.78 is 0. The highest BCUT2D eigenvalue weighted by Crippen LogP contribution is 2.16. The van der Waals surface area contributed by atoms with Crippen molar-refractivity contribution in [1.82, 2.24) is 0 Å². The smallest absolute Gasteiger partial charge is 0.336 e. The largest absolute Gasteiger partial charge is 0.478 e. The average Bonchev–Trinajstić information content (AvgIpc) is 2.43. The van der Waals surface area contributed by atoms with Crippen molar-refractivity contribution in [2.45, 2.75) is 13.3 Å². The molecule has 2 rings (SSSR count). The van der Waals surface area contributed by atoms with Crippen LogP contribution >= 0.6 is 0 Å². The van der Waals surface area contributed by atoms with E-state index in [0.29, 0.717) is 16.9 Å². The summed E-state index contributed by atoms with van der Waals surface area (Å²) in [7, 11) is 0. The molecule has 0 saturated heterocycles. The zero-order valence-corrected chi connectivity index (χ0v) is 11.6. The highest BCUT2D eigenvalue weighted by atomic mass is 16.4. The van der Waals surface area contributed by atoms with Gasteiger partial charge in [-0.3, -0.25) is 4.79 Å². The summed E-state index contributed by atoms with van der Waals surface area (Å²) in [6.45, 7) is 1.71. The van der Waals surface area contributed by atoms with Gasteiger partial charge in [0.05, 0.1) is 12.0 Å². The summed E-state index contributed by atoms with van der Waals surface area (Å²) in [6.07, 6.45) is 0.205. The summed E-state index contributed by atoms with van der Waals surface area (Å²) >= 11 is 0. The van der Waals surface area contributed by atoms with E-state index in [1.807, 2.05) is 0 Å². The van der Waals surface area contributed by atoms with Gasteiger partial charge in [-0.2, -0.15) is 0 Å². The lowest BCUT2D eigenvalue weighted by Gasteiger charge is -2.08. The molecule has 108 valence electrons. The van der Waals surface area contributed by atoms with Crippen LogP contribution in [-0.2, 0) is 11.2 Å². The fraction of sp³-hybridized carbons (Fsp3) is 0.125. The number of hydrogen-bond acceptors (Lipinski definition) is 3. The number of aromatic carboxylic acids is 1. The molecule has 0 atom stereocenters. The number of aryl methyl sites for hydroxylation is 1. The highest BCUT2D eigenvalue weighted by Gasteiger charge is 2.10. The van der Waals surface area contributed by atoms with E-state index in [2.05, 4.69) is 5.32 Å². The zero-order chi connectivity index (χ0) is 15.4. The van der Waals surface area contributed by atoms with E-state index in [0.717, 1.165) is 5.56 Å². The summed E-state index contributed by atoms with van der Waals surface area (Å²) in [5, 5.41) is 11.8. The Morgan fingerprint density at radius 2 is 1.81 bits per heavy atom. The molecule has 0 bridgehead atoms. The van der Waals surface area contributed by atoms with Gasteiger partial charge in [0, 0.05) is 11.4 Å². The van der Waals surface area contributed by atoms with Crippen LogP contribution in [-0.4, -0.2) is 17.0 Å². The highest BCUT2D eigenvalue weighted by molar-refractivity contribution is 5.95. The van der Waals surface area contributed by atoms with Crippen molar-refractivity contribution in [1.29, 1.82) is 0 Å². The SMILES string of the molecule is Cc1ccc(NC(=O)Cc2ccc(N)cc2)cc1C(=O)O. The van der Waals surface area contributed by atoms with Crippen LogP contribution in [0.1, 0.15) is 21.5 Å². The average molecular weight is 284 g/mol. The third kappa shape index (κ3) is 3.82. The van der Waals surface area contributed by atoms with Gasteiger partial charge in [0.15, 0.2) is 0 Å². The number of nitrogens with two attached hydrogens (primary N) is 1. The standard InChI is InChI=1S/C16H16N2O3/c1-10-2-7-13(9-14(10)16(20)21)18-15(19)8-11-3-5-12(17)6-4-11/h2-7,9H,8,17H2,1H3,(H,18,19)(H,20,21). The van der Waals surface area contributed by atoms with E-state index in [4.69, 9.17) is 10.8 Å². The summed E-state index contributed by atoms with van der Waals surface area (Å²) in [4.78, 5) is 23.0. The molecule has 0 unspecified atom stereocenters. The summed E-state index contributed by atoms with van der Waals surface area (Å²) in [5.74, 6) is -1.22. The van der Waals surface area contributed by atoms with E-state index < -0.39 is 5.97 Å². The first-order valence-corrected chi connectivity index (χ1v) is 6.44. The minimum atomic E-state index is -1.01. The lowest BCUT2D eigenvalue weighted by Crippen LogP contribution is -2.15. The molecular formula is C16H16N2O3. The first-order chi connectivity index (χ1) is 9.95. The molecule has 2 aromatic rings. The van der Waals surface area contributed by atoms with Gasteiger partial charge in [-0.1, -0.05) is 18.2 Å². The Morgan fingerprint density at radius 3 is 2.43 bits per heavy atom. The molecule has 0 aliphatic carbocycles. The third-order valence-electron chi connectivity index (χ3n) is 3.10. The van der Waals surface area contributed by atoms with Crippen molar-refractivity contribution >= 4 is 23.3 Å². The predicted octanol–water partition coefficient (Wildman–Crippen LogP) is 2.46. The molecule has 4 N–H and O–H groups in total. The van der Waals surface area contributed by atoms with Crippen molar-refractivity contribution in [3.8, 4) is 0 Å². The molecule has 0 saturated carbocycles. The van der Waals surface area contributed by atoms with Crippen LogP contribution in [0.5, 0.6) is 0 Å². The number of carboxylic acids is 1. The van der Waals surface area contributed by atoms with Gasteiger partial charge in [-0.15, -0.1) is 0 Å². The molecule has 21 heavy (non-hydrogen) atoms. The van der Waals surface area contributed by atoms with Crippen LogP contribution in [0.2, 0.25) is 0 Å². The number of benzene rings is 2. The normalized spacial score (nSPS) is 10.1. The number of nitrogen functional groups attached to an aromatic ring is 1. The minimum Gasteiger partial charge on any atom is -0.478 e. The molecule has 5 heteroatoms. The van der Waals surface area contributed by atoms with Gasteiger partial charge in [0.2, 0.25) is 5.91 Å². The molecular weight excluding hydrogens is 268 g/mol. The van der Waals surface area contributed by atoms with Crippen LogP contribution in [0.15, 0.2) is 42.5 Å². The van der Waals surface area contributed by atoms with Crippen molar-refractivity contribution in [3.63, 3.8) is 0 Å². The number of hydrogen-bond donors (Lipinski definition) is 3. The van der Waals surface area contributed by atoms with Crippen molar-refractivity contribution in [2.24, 2.45) is 0 Å². The lowest BCUT2D eigenvalue weighted by molar-refractivity contribution is -0.115. The fourth-order valence-electron chi connectivity index (χ4n) is 1.96. The number of carboxylic acid groups (broad SMARTS) is 1. The van der Waals surface area contributed by atoms with E-state index in [-0.39, 0.29) is 17.9 Å². The Morgan fingerprint density at radius 1 is 1.14 bits per heavy atom. The number of nitrogens with one attached hydrogen (secondary N) is 1. The van der Waals surface area contributed by atoms with Gasteiger partial charge in [0.25, 0.3) is 0 Å². The van der Waals surface area contributed by atoms with E-state index >= 15 is 0 Å². The molecule has 0 fully saturated rings. The first kappa shape index (κ1) is 14.6. The van der Waals surface area contributed by atoms with Crippen LogP contribution in [0.25, 0.3) is 0 Å². The predicted molar refractivity (Wildman–Crippen MR) is 81.3 cm³/mol. The second kappa shape index (κ2) is 6.09. The molecule has 0 aliphatic heterocycles. The van der Waals surface area contributed by atoms with Crippen molar-refractivity contribution in [2.75, 3.05) is 11.1 Å². The second-order valence-electron chi connectivity index (χ2n) is 4.80. The Balaban J connectivity index is 2.07. The van der Waals surface area contributed by atoms with Crippen LogP contribution < -0.4 is 11.1 Å². The number of rotatable bonds is 4. The molecule has 5 nitrogen and oxygen atoms in total. The van der Waals surface area contributed by atoms with Crippen molar-refractivity contribution in [3.05, 3.63) is 59.2 Å². The number of amides is 1. The summed E-state index contributed by atoms with van der Waals surface area (Å²) in [5.41, 5.74) is 8.37. The van der Waals surface area contributed by atoms with E-state index in [9.17, 15) is 9.59 Å². The quantitative estimate of drug-likeness (QED) is 0.752. The molecule has 0 spiro atoms. The topological polar surface area (TPSA) is 92.4 Å². The lowest BCUT2D eigenvalue weighted by atomic mass is 10.1. The molecule has 0 aliphatic rings. The Hall–Kier alpha value is -2.82. The molecule has 1 amide bonds. The van der Waals surface area contributed by atoms with E-state index in [1.165, 1.54) is 6.07 Å². The summed E-state index contributed by atoms with van der Waals surface area (Å²) in [6, 6.07) is 11.8. The van der Waals surface area contributed by atoms with Gasteiger partial charge < -0.3 is 16.2 Å². The first-order valence-electron chi connectivity index (χ1n) is 6.44. The third-order valence-corrected chi connectivity index (χ3v) is 3.10.